The predicted molar refractivity (Wildman–Crippen MR) is 113 cm³/mol. The largest absolute Gasteiger partial charge is 0.462 e. The quantitative estimate of drug-likeness (QED) is 0.627. The van der Waals surface area contributed by atoms with Crippen molar-refractivity contribution in [1.82, 2.24) is 0 Å². The van der Waals surface area contributed by atoms with E-state index in [1.165, 1.54) is 13.8 Å². The average molecular weight is 433 g/mol. The van der Waals surface area contributed by atoms with E-state index in [0.717, 1.165) is 32.1 Å². The van der Waals surface area contributed by atoms with E-state index in [-0.39, 0.29) is 47.1 Å². The van der Waals surface area contributed by atoms with Crippen molar-refractivity contribution in [2.75, 3.05) is 6.61 Å². The first-order valence-corrected chi connectivity index (χ1v) is 11.9. The highest BCUT2D eigenvalue weighted by Gasteiger charge is 2.64. The molecule has 6 nitrogen and oxygen atoms in total. The van der Waals surface area contributed by atoms with Crippen LogP contribution in [0.15, 0.2) is 0 Å². The standard InChI is InChI=1S/C25H36O6/c1-14(26)30-13-21(29)20-8-7-19-18-6-5-16-11-17(28)9-10-24(16,3)23(18)22(31-15(2)27)12-25(19,20)4/h16,18-20,22-23H,5-13H2,1-4H3/t16-,18+,19+,20-,22-,23-,24+,25+/m1/s1. The molecule has 4 aliphatic carbocycles. The Morgan fingerprint density at radius 1 is 1.00 bits per heavy atom. The Kier molecular flexibility index (Phi) is 5.80. The minimum absolute atomic E-state index is 0.00188. The fourth-order valence-corrected chi connectivity index (χ4v) is 8.26. The topological polar surface area (TPSA) is 86.7 Å². The van der Waals surface area contributed by atoms with Gasteiger partial charge in [-0.2, -0.15) is 0 Å². The maximum absolute atomic E-state index is 13.0. The minimum atomic E-state index is -0.437. The molecular weight excluding hydrogens is 396 g/mol. The summed E-state index contributed by atoms with van der Waals surface area (Å²) in [4.78, 5) is 48.5. The molecule has 4 aliphatic rings. The molecule has 4 rings (SSSR count). The Labute approximate surface area is 184 Å². The average Bonchev–Trinajstić information content (AvgIpc) is 3.02. The van der Waals surface area contributed by atoms with Crippen molar-refractivity contribution in [3.63, 3.8) is 0 Å². The predicted octanol–water partition coefficient (Wildman–Crippen LogP) is 3.89. The molecule has 0 aliphatic heterocycles. The van der Waals surface area contributed by atoms with E-state index in [1.807, 2.05) is 0 Å². The van der Waals surface area contributed by atoms with Gasteiger partial charge in [0.2, 0.25) is 0 Å². The summed E-state index contributed by atoms with van der Waals surface area (Å²) in [7, 11) is 0. The third-order valence-electron chi connectivity index (χ3n) is 9.51. The van der Waals surface area contributed by atoms with Gasteiger partial charge in [0, 0.05) is 38.5 Å². The second-order valence-corrected chi connectivity index (χ2v) is 11.1. The van der Waals surface area contributed by atoms with Crippen LogP contribution in [-0.4, -0.2) is 36.2 Å². The van der Waals surface area contributed by atoms with Crippen LogP contribution in [0.25, 0.3) is 0 Å². The van der Waals surface area contributed by atoms with E-state index < -0.39 is 5.97 Å². The van der Waals surface area contributed by atoms with Gasteiger partial charge >= 0.3 is 11.9 Å². The van der Waals surface area contributed by atoms with Gasteiger partial charge in [0.05, 0.1) is 0 Å². The molecule has 4 saturated carbocycles. The highest BCUT2D eigenvalue weighted by Crippen LogP contribution is 2.67. The first-order chi connectivity index (χ1) is 14.6. The zero-order valence-electron chi connectivity index (χ0n) is 19.3. The van der Waals surface area contributed by atoms with Gasteiger partial charge in [-0.25, -0.2) is 0 Å². The van der Waals surface area contributed by atoms with Crippen molar-refractivity contribution in [1.29, 1.82) is 0 Å². The fraction of sp³-hybridized carbons (Fsp3) is 0.840. The molecule has 0 aromatic carbocycles. The van der Waals surface area contributed by atoms with Crippen LogP contribution in [0.3, 0.4) is 0 Å². The molecule has 172 valence electrons. The molecule has 0 heterocycles. The maximum atomic E-state index is 13.0. The second-order valence-electron chi connectivity index (χ2n) is 11.1. The summed E-state index contributed by atoms with van der Waals surface area (Å²) in [5.74, 6) is 0.857. The molecule has 0 unspecified atom stereocenters. The van der Waals surface area contributed by atoms with Crippen molar-refractivity contribution in [3.8, 4) is 0 Å². The van der Waals surface area contributed by atoms with Crippen LogP contribution in [0.5, 0.6) is 0 Å². The summed E-state index contributed by atoms with van der Waals surface area (Å²) in [5.41, 5.74) is -0.260. The van der Waals surface area contributed by atoms with E-state index in [4.69, 9.17) is 9.47 Å². The lowest BCUT2D eigenvalue weighted by Crippen LogP contribution is -2.60. The number of ether oxygens (including phenoxy) is 2. The number of Topliss-reactive ketones (excluding diaryl/α,β-unsaturated/α-hetero) is 2. The normalized spacial score (nSPS) is 43.9. The number of hydrogen-bond donors (Lipinski definition) is 0. The number of carbonyl (C=O) groups excluding carboxylic acids is 4. The SMILES string of the molecule is CC(=O)OCC(=O)[C@H]1CC[C@H]2[C@@H]3CC[C@@H]4CC(=O)CC[C@]4(C)[C@H]3[C@H](OC(C)=O)C[C@]12C. The number of carbonyl (C=O) groups is 4. The molecule has 0 bridgehead atoms. The lowest BCUT2D eigenvalue weighted by atomic mass is 9.44. The van der Waals surface area contributed by atoms with Crippen LogP contribution in [0.4, 0.5) is 0 Å². The third-order valence-corrected chi connectivity index (χ3v) is 9.51. The van der Waals surface area contributed by atoms with Crippen molar-refractivity contribution < 1.29 is 28.7 Å². The highest BCUT2D eigenvalue weighted by molar-refractivity contribution is 5.85. The molecule has 6 heteroatoms. The van der Waals surface area contributed by atoms with Crippen LogP contribution in [-0.2, 0) is 28.7 Å². The summed E-state index contributed by atoms with van der Waals surface area (Å²) >= 11 is 0. The molecule has 0 radical (unpaired) electrons. The van der Waals surface area contributed by atoms with Gasteiger partial charge < -0.3 is 9.47 Å². The third kappa shape index (κ3) is 3.74. The zero-order chi connectivity index (χ0) is 22.6. The van der Waals surface area contributed by atoms with Crippen LogP contribution < -0.4 is 0 Å². The van der Waals surface area contributed by atoms with Crippen LogP contribution in [0, 0.1) is 40.4 Å². The summed E-state index contributed by atoms with van der Waals surface area (Å²) in [6, 6.07) is 0. The lowest BCUT2D eigenvalue weighted by Gasteiger charge is -2.62. The van der Waals surface area contributed by atoms with E-state index in [2.05, 4.69) is 13.8 Å². The molecule has 0 N–H and O–H groups in total. The molecule has 0 aromatic rings. The smallest absolute Gasteiger partial charge is 0.303 e. The monoisotopic (exact) mass is 432 g/mol. The molecule has 0 aromatic heterocycles. The first-order valence-electron chi connectivity index (χ1n) is 11.9. The van der Waals surface area contributed by atoms with Crippen LogP contribution in [0.1, 0.15) is 79.1 Å². The van der Waals surface area contributed by atoms with Gasteiger partial charge in [0.1, 0.15) is 18.5 Å². The number of rotatable bonds is 4. The van der Waals surface area contributed by atoms with Crippen LogP contribution in [0.2, 0.25) is 0 Å². The van der Waals surface area contributed by atoms with Gasteiger partial charge in [-0.15, -0.1) is 0 Å². The fourth-order valence-electron chi connectivity index (χ4n) is 8.26. The van der Waals surface area contributed by atoms with Gasteiger partial charge in [-0.1, -0.05) is 13.8 Å². The molecule has 0 saturated heterocycles. The molecule has 31 heavy (non-hydrogen) atoms. The van der Waals surface area contributed by atoms with E-state index in [9.17, 15) is 19.2 Å². The van der Waals surface area contributed by atoms with Gasteiger partial charge in [0.25, 0.3) is 0 Å². The van der Waals surface area contributed by atoms with E-state index in [0.29, 0.717) is 42.8 Å². The molecule has 0 amide bonds. The van der Waals surface area contributed by atoms with Crippen molar-refractivity contribution in [2.45, 2.75) is 85.2 Å². The molecular formula is C25H36O6. The minimum Gasteiger partial charge on any atom is -0.462 e. The summed E-state index contributed by atoms with van der Waals surface area (Å²) < 4.78 is 11.0. The zero-order valence-corrected chi connectivity index (χ0v) is 19.3. The number of fused-ring (bicyclic) bond motifs is 5. The van der Waals surface area contributed by atoms with E-state index in [1.54, 1.807) is 0 Å². The number of hydrogen-bond acceptors (Lipinski definition) is 6. The summed E-state index contributed by atoms with van der Waals surface area (Å²) in [5, 5.41) is 0. The van der Waals surface area contributed by atoms with Crippen molar-refractivity contribution in [3.05, 3.63) is 0 Å². The van der Waals surface area contributed by atoms with Gasteiger partial charge in [-0.3, -0.25) is 19.2 Å². The lowest BCUT2D eigenvalue weighted by molar-refractivity contribution is -0.194. The first kappa shape index (κ1) is 22.5. The maximum Gasteiger partial charge on any atom is 0.303 e. The van der Waals surface area contributed by atoms with Crippen molar-refractivity contribution >= 4 is 23.5 Å². The molecule has 4 fully saturated rings. The Morgan fingerprint density at radius 2 is 1.74 bits per heavy atom. The van der Waals surface area contributed by atoms with Gasteiger partial charge in [0.15, 0.2) is 5.78 Å². The van der Waals surface area contributed by atoms with Crippen molar-refractivity contribution in [2.24, 2.45) is 40.4 Å². The van der Waals surface area contributed by atoms with Crippen LogP contribution >= 0.6 is 0 Å². The van der Waals surface area contributed by atoms with Gasteiger partial charge in [-0.05, 0) is 67.1 Å². The Bertz CT molecular complexity index is 789. The highest BCUT2D eigenvalue weighted by atomic mass is 16.5. The molecule has 8 atom stereocenters. The second kappa shape index (κ2) is 8.00. The van der Waals surface area contributed by atoms with E-state index >= 15 is 0 Å². The summed E-state index contributed by atoms with van der Waals surface area (Å²) in [6.07, 6.45) is 6.43. The summed E-state index contributed by atoms with van der Waals surface area (Å²) in [6.45, 7) is 7.12. The Balaban J connectivity index is 1.65. The Hall–Kier alpha value is -1.72. The number of esters is 2. The molecule has 0 spiro atoms. The number of ketones is 2. The Morgan fingerprint density at radius 3 is 2.42 bits per heavy atom.